The van der Waals surface area contributed by atoms with E-state index in [1.165, 1.54) is 12.1 Å². The number of carbonyl (C=O) groups is 1. The molecule has 4 heteroatoms. The molecule has 3 nitrogen and oxygen atoms in total. The van der Waals surface area contributed by atoms with Crippen LogP contribution in [0.25, 0.3) is 0 Å². The maximum absolute atomic E-state index is 13.5. The van der Waals surface area contributed by atoms with E-state index in [0.29, 0.717) is 6.61 Å². The Hall–Kier alpha value is -2.02. The predicted molar refractivity (Wildman–Crippen MR) is 63.4 cm³/mol. The Labute approximate surface area is 100 Å². The van der Waals surface area contributed by atoms with E-state index in [0.717, 1.165) is 6.07 Å². The van der Waals surface area contributed by atoms with Gasteiger partial charge in [-0.05, 0) is 31.0 Å². The lowest BCUT2D eigenvalue weighted by Gasteiger charge is -2.04. The molecule has 90 valence electrons. The van der Waals surface area contributed by atoms with E-state index in [1.54, 1.807) is 25.9 Å². The molecule has 0 amide bonds. The summed E-state index contributed by atoms with van der Waals surface area (Å²) >= 11 is 0. The van der Waals surface area contributed by atoms with Crippen molar-refractivity contribution < 1.29 is 13.9 Å². The molecule has 0 N–H and O–H groups in total. The minimum atomic E-state index is -0.552. The number of ether oxygens (including phenoxy) is 1. The summed E-state index contributed by atoms with van der Waals surface area (Å²) in [5.41, 5.74) is 0.223. The number of carbonyl (C=O) groups excluding carboxylic acids is 1. The minimum absolute atomic E-state index is 0.143. The number of benzene rings is 1. The quantitative estimate of drug-likeness (QED) is 0.455. The third kappa shape index (κ3) is 3.80. The van der Waals surface area contributed by atoms with Gasteiger partial charge < -0.3 is 9.64 Å². The average molecular weight is 235 g/mol. The number of hydrogen-bond donors (Lipinski definition) is 0. The van der Waals surface area contributed by atoms with Crippen LogP contribution in [0.2, 0.25) is 0 Å². The van der Waals surface area contributed by atoms with E-state index in [4.69, 9.17) is 4.74 Å². The second-order valence-corrected chi connectivity index (χ2v) is 3.54. The van der Waals surface area contributed by atoms with E-state index in [1.807, 2.05) is 0 Å². The minimum Gasteiger partial charge on any atom is -0.491 e. The van der Waals surface area contributed by atoms with E-state index in [-0.39, 0.29) is 11.3 Å². The maximum atomic E-state index is 13.5. The summed E-state index contributed by atoms with van der Waals surface area (Å²) in [5.74, 6) is 1.58. The molecule has 0 spiro atoms. The summed E-state index contributed by atoms with van der Waals surface area (Å²) in [4.78, 5) is 13.1. The van der Waals surface area contributed by atoms with Gasteiger partial charge in [-0.2, -0.15) is 0 Å². The van der Waals surface area contributed by atoms with Crippen molar-refractivity contribution in [3.8, 4) is 17.7 Å². The Kier molecular flexibility index (Phi) is 4.53. The van der Waals surface area contributed by atoms with Gasteiger partial charge in [0.25, 0.3) is 0 Å². The van der Waals surface area contributed by atoms with Gasteiger partial charge in [-0.3, -0.25) is 4.79 Å². The molecule has 0 aliphatic rings. The molecule has 0 aromatic heterocycles. The lowest BCUT2D eigenvalue weighted by molar-refractivity contribution is 0.105. The van der Waals surface area contributed by atoms with Crippen LogP contribution in [0.15, 0.2) is 18.2 Å². The van der Waals surface area contributed by atoms with Crippen LogP contribution in [0.3, 0.4) is 0 Å². The van der Waals surface area contributed by atoms with Crippen LogP contribution < -0.4 is 4.74 Å². The predicted octanol–water partition coefficient (Wildman–Crippen LogP) is 1.93. The molecule has 17 heavy (non-hydrogen) atoms. The summed E-state index contributed by atoms with van der Waals surface area (Å²) < 4.78 is 18.5. The smallest absolute Gasteiger partial charge is 0.237 e. The highest BCUT2D eigenvalue weighted by Crippen LogP contribution is 2.18. The van der Waals surface area contributed by atoms with Gasteiger partial charge in [0, 0.05) is 25.7 Å². The first-order valence-electron chi connectivity index (χ1n) is 5.20. The molecule has 0 fully saturated rings. The molecule has 0 atom stereocenters. The molecular weight excluding hydrogens is 221 g/mol. The van der Waals surface area contributed by atoms with Crippen LogP contribution in [-0.2, 0) is 0 Å². The van der Waals surface area contributed by atoms with Crippen molar-refractivity contribution in [2.75, 3.05) is 20.7 Å². The molecule has 0 aliphatic carbocycles. The zero-order valence-electron chi connectivity index (χ0n) is 10.1. The normalized spacial score (nSPS) is 9.18. The van der Waals surface area contributed by atoms with E-state index >= 15 is 0 Å². The third-order valence-corrected chi connectivity index (χ3v) is 1.89. The monoisotopic (exact) mass is 235 g/mol. The van der Waals surface area contributed by atoms with Gasteiger partial charge in [0.15, 0.2) is 11.6 Å². The van der Waals surface area contributed by atoms with Gasteiger partial charge in [0.1, 0.15) is 0 Å². The number of hydrogen-bond acceptors (Lipinski definition) is 3. The van der Waals surface area contributed by atoms with Crippen LogP contribution in [0, 0.1) is 17.8 Å². The fourth-order valence-electron chi connectivity index (χ4n) is 1.15. The van der Waals surface area contributed by atoms with Gasteiger partial charge in [-0.25, -0.2) is 4.39 Å². The first-order chi connectivity index (χ1) is 8.04. The van der Waals surface area contributed by atoms with Crippen molar-refractivity contribution in [1.29, 1.82) is 0 Å². The fraction of sp³-hybridized carbons (Fsp3) is 0.308. The topological polar surface area (TPSA) is 29.5 Å². The number of Topliss-reactive ketones (excluding diaryl/α,β-unsaturated/α-hetero) is 1. The van der Waals surface area contributed by atoms with Crippen molar-refractivity contribution in [2.24, 2.45) is 0 Å². The largest absolute Gasteiger partial charge is 0.491 e. The SMILES string of the molecule is CCOc1ccc(C(=O)C#CN(C)C)cc1F. The highest BCUT2D eigenvalue weighted by molar-refractivity contribution is 6.09. The van der Waals surface area contributed by atoms with Gasteiger partial charge in [0.05, 0.1) is 6.61 Å². The molecule has 0 unspecified atom stereocenters. The molecule has 0 saturated heterocycles. The van der Waals surface area contributed by atoms with Crippen LogP contribution in [0.1, 0.15) is 17.3 Å². The van der Waals surface area contributed by atoms with E-state index in [2.05, 4.69) is 12.0 Å². The number of halogens is 1. The number of nitrogens with zero attached hydrogens (tertiary/aromatic N) is 1. The molecule has 0 radical (unpaired) electrons. The van der Waals surface area contributed by atoms with Crippen LogP contribution in [-0.4, -0.2) is 31.4 Å². The van der Waals surface area contributed by atoms with E-state index in [9.17, 15) is 9.18 Å². The Morgan fingerprint density at radius 1 is 1.47 bits per heavy atom. The van der Waals surface area contributed by atoms with Crippen LogP contribution in [0.5, 0.6) is 5.75 Å². The van der Waals surface area contributed by atoms with Crippen LogP contribution in [0.4, 0.5) is 4.39 Å². The summed E-state index contributed by atoms with van der Waals surface area (Å²) in [7, 11) is 3.44. The maximum Gasteiger partial charge on any atom is 0.237 e. The lowest BCUT2D eigenvalue weighted by Crippen LogP contribution is -2.04. The van der Waals surface area contributed by atoms with E-state index < -0.39 is 11.6 Å². The van der Waals surface area contributed by atoms with Gasteiger partial charge in [-0.15, -0.1) is 0 Å². The number of rotatable bonds is 3. The van der Waals surface area contributed by atoms with Crippen LogP contribution >= 0.6 is 0 Å². The van der Waals surface area contributed by atoms with Gasteiger partial charge in [-0.1, -0.05) is 0 Å². The van der Waals surface area contributed by atoms with Crippen molar-refractivity contribution >= 4 is 5.78 Å². The zero-order chi connectivity index (χ0) is 12.8. The standard InChI is InChI=1S/C13H14FNO2/c1-4-17-13-6-5-10(9-11(13)14)12(16)7-8-15(2)3/h5-6,9H,4H2,1-3H3. The Morgan fingerprint density at radius 2 is 2.18 bits per heavy atom. The molecule has 0 aliphatic heterocycles. The van der Waals surface area contributed by atoms with Crippen molar-refractivity contribution in [1.82, 2.24) is 4.90 Å². The Morgan fingerprint density at radius 3 is 2.71 bits per heavy atom. The molecule has 1 aromatic carbocycles. The molecule has 0 heterocycles. The molecule has 0 saturated carbocycles. The summed E-state index contributed by atoms with van der Waals surface area (Å²) in [6, 6.07) is 6.65. The van der Waals surface area contributed by atoms with Gasteiger partial charge >= 0.3 is 0 Å². The first kappa shape index (κ1) is 13.0. The molecule has 1 aromatic rings. The molecule has 1 rings (SSSR count). The summed E-state index contributed by atoms with van der Waals surface area (Å²) in [6.45, 7) is 2.14. The highest BCUT2D eigenvalue weighted by Gasteiger charge is 2.08. The second kappa shape index (κ2) is 5.90. The third-order valence-electron chi connectivity index (χ3n) is 1.89. The number of ketones is 1. The highest BCUT2D eigenvalue weighted by atomic mass is 19.1. The Balaban J connectivity index is 2.91. The Bertz CT molecular complexity index is 472. The summed E-state index contributed by atoms with van der Waals surface area (Å²) in [5, 5.41) is 0. The van der Waals surface area contributed by atoms with Crippen molar-refractivity contribution in [2.45, 2.75) is 6.92 Å². The zero-order valence-corrected chi connectivity index (χ0v) is 10.1. The summed E-state index contributed by atoms with van der Waals surface area (Å²) in [6.07, 6.45) is 0. The average Bonchev–Trinajstić information content (AvgIpc) is 2.28. The lowest BCUT2D eigenvalue weighted by atomic mass is 10.1. The van der Waals surface area contributed by atoms with Gasteiger partial charge in [0.2, 0.25) is 5.78 Å². The second-order valence-electron chi connectivity index (χ2n) is 3.54. The first-order valence-corrected chi connectivity index (χ1v) is 5.20. The molecule has 0 bridgehead atoms. The van der Waals surface area contributed by atoms with Crippen molar-refractivity contribution in [3.05, 3.63) is 29.6 Å². The fourth-order valence-corrected chi connectivity index (χ4v) is 1.15. The molecular formula is C13H14FNO2. The van der Waals surface area contributed by atoms with Crippen molar-refractivity contribution in [3.63, 3.8) is 0 Å².